The van der Waals surface area contributed by atoms with Gasteiger partial charge in [0.1, 0.15) is 5.75 Å². The maximum absolute atomic E-state index is 12.1. The first-order chi connectivity index (χ1) is 8.92. The molecule has 0 atom stereocenters. The minimum absolute atomic E-state index is 0.0998. The summed E-state index contributed by atoms with van der Waals surface area (Å²) < 4.78 is 32.2. The second kappa shape index (κ2) is 7.44. The Kier molecular flexibility index (Phi) is 6.55. The number of nitrogens with one attached hydrogen (secondary N) is 2. The minimum Gasteiger partial charge on any atom is -0.495 e. The van der Waals surface area contributed by atoms with Crippen LogP contribution in [0, 0.1) is 0 Å². The third-order valence-electron chi connectivity index (χ3n) is 2.39. The van der Waals surface area contributed by atoms with Crippen LogP contribution in [-0.2, 0) is 10.0 Å². The maximum atomic E-state index is 12.1. The molecule has 2 N–H and O–H groups in total. The molecule has 108 valence electrons. The molecule has 0 spiro atoms. The molecule has 19 heavy (non-hydrogen) atoms. The van der Waals surface area contributed by atoms with Gasteiger partial charge in [0.2, 0.25) is 10.0 Å². The monoisotopic (exact) mass is 370 g/mol. The quantitative estimate of drug-likeness (QED) is 0.719. The lowest BCUT2D eigenvalue weighted by Crippen LogP contribution is -2.27. The molecule has 0 unspecified atom stereocenters. The fourth-order valence-corrected chi connectivity index (χ4v) is 3.85. The molecule has 0 aliphatic rings. The molecule has 0 saturated heterocycles. The van der Waals surface area contributed by atoms with E-state index in [1.54, 1.807) is 0 Å². The molecule has 1 rings (SSSR count). The summed E-state index contributed by atoms with van der Waals surface area (Å²) in [5.74, 6) is 0.419. The normalized spacial score (nSPS) is 11.6. The van der Waals surface area contributed by atoms with Crippen LogP contribution in [0.5, 0.6) is 5.75 Å². The molecule has 8 heteroatoms. The Hall–Kier alpha value is -0.340. The number of hydrogen-bond donors (Lipinski definition) is 2. The van der Waals surface area contributed by atoms with Gasteiger partial charge in [0.25, 0.3) is 0 Å². The molecule has 0 heterocycles. The number of methoxy groups -OCH3 is 1. The van der Waals surface area contributed by atoms with Crippen molar-refractivity contribution in [2.45, 2.75) is 11.3 Å². The summed E-state index contributed by atoms with van der Waals surface area (Å²) in [5.41, 5.74) is 0. The molecule has 1 aromatic carbocycles. The topological polar surface area (TPSA) is 67.4 Å². The lowest BCUT2D eigenvalue weighted by atomic mass is 10.3. The van der Waals surface area contributed by atoms with Crippen molar-refractivity contribution in [2.24, 2.45) is 0 Å². The molecule has 0 fully saturated rings. The summed E-state index contributed by atoms with van der Waals surface area (Å²) >= 11 is 9.15. The van der Waals surface area contributed by atoms with Gasteiger partial charge < -0.3 is 10.1 Å². The smallest absolute Gasteiger partial charge is 0.241 e. The average molecular weight is 372 g/mol. The van der Waals surface area contributed by atoms with E-state index in [0.717, 1.165) is 6.54 Å². The molecule has 0 saturated carbocycles. The fourth-order valence-electron chi connectivity index (χ4n) is 1.42. The Balaban J connectivity index is 2.92. The first-order valence-electron chi connectivity index (χ1n) is 5.59. The Labute approximate surface area is 126 Å². The summed E-state index contributed by atoms with van der Waals surface area (Å²) in [6.07, 6.45) is 0.706. The van der Waals surface area contributed by atoms with E-state index in [1.807, 2.05) is 7.05 Å². The van der Waals surface area contributed by atoms with Crippen LogP contribution in [0.2, 0.25) is 5.02 Å². The lowest BCUT2D eigenvalue weighted by Gasteiger charge is -2.11. The number of rotatable bonds is 7. The maximum Gasteiger partial charge on any atom is 0.241 e. The van der Waals surface area contributed by atoms with Crippen molar-refractivity contribution < 1.29 is 13.2 Å². The summed E-state index contributed by atoms with van der Waals surface area (Å²) in [5, 5.41) is 3.20. The molecule has 0 aliphatic carbocycles. The zero-order valence-electron chi connectivity index (χ0n) is 10.7. The fraction of sp³-hybridized carbons (Fsp3) is 0.455. The molecule has 0 radical (unpaired) electrons. The molecular weight excluding hydrogens is 356 g/mol. The van der Waals surface area contributed by atoms with Gasteiger partial charge in [-0.2, -0.15) is 0 Å². The van der Waals surface area contributed by atoms with Crippen molar-refractivity contribution in [1.82, 2.24) is 10.0 Å². The highest BCUT2D eigenvalue weighted by Gasteiger charge is 2.19. The summed E-state index contributed by atoms with van der Waals surface area (Å²) in [7, 11) is -0.300. The van der Waals surface area contributed by atoms with E-state index in [1.165, 1.54) is 19.2 Å². The van der Waals surface area contributed by atoms with Crippen LogP contribution in [0.3, 0.4) is 0 Å². The molecule has 0 aromatic heterocycles. The summed E-state index contributed by atoms with van der Waals surface area (Å²) in [4.78, 5) is 0.0998. The van der Waals surface area contributed by atoms with Crippen LogP contribution in [0.15, 0.2) is 21.5 Å². The zero-order valence-corrected chi connectivity index (χ0v) is 13.8. The van der Waals surface area contributed by atoms with E-state index < -0.39 is 10.0 Å². The van der Waals surface area contributed by atoms with Gasteiger partial charge in [0.15, 0.2) is 0 Å². The van der Waals surface area contributed by atoms with E-state index in [2.05, 4.69) is 26.0 Å². The highest BCUT2D eigenvalue weighted by atomic mass is 79.9. The highest BCUT2D eigenvalue weighted by molar-refractivity contribution is 9.10. The van der Waals surface area contributed by atoms with E-state index in [0.29, 0.717) is 23.2 Å². The molecule has 5 nitrogen and oxygen atoms in total. The van der Waals surface area contributed by atoms with Crippen molar-refractivity contribution in [3.8, 4) is 5.75 Å². The van der Waals surface area contributed by atoms with Crippen LogP contribution in [0.4, 0.5) is 0 Å². The Morgan fingerprint density at radius 1 is 1.37 bits per heavy atom. The standard InChI is InChI=1S/C11H16BrClN2O3S/c1-14-4-3-5-15-19(16,17)11-7-9(13)10(18-2)6-8(11)12/h6-7,14-15H,3-5H2,1-2H3. The Bertz CT molecular complexity index is 537. The van der Waals surface area contributed by atoms with Crippen LogP contribution in [-0.4, -0.2) is 35.7 Å². The Morgan fingerprint density at radius 2 is 2.05 bits per heavy atom. The van der Waals surface area contributed by atoms with E-state index >= 15 is 0 Å². The van der Waals surface area contributed by atoms with Crippen LogP contribution in [0.25, 0.3) is 0 Å². The largest absolute Gasteiger partial charge is 0.495 e. The van der Waals surface area contributed by atoms with Crippen molar-refractivity contribution in [3.05, 3.63) is 21.6 Å². The number of sulfonamides is 1. The van der Waals surface area contributed by atoms with Crippen molar-refractivity contribution in [2.75, 3.05) is 27.2 Å². The van der Waals surface area contributed by atoms with Crippen LogP contribution in [0.1, 0.15) is 6.42 Å². The lowest BCUT2D eigenvalue weighted by molar-refractivity contribution is 0.414. The van der Waals surface area contributed by atoms with Gasteiger partial charge in [-0.3, -0.25) is 0 Å². The zero-order chi connectivity index (χ0) is 14.5. The van der Waals surface area contributed by atoms with Gasteiger partial charge in [0.05, 0.1) is 17.0 Å². The van der Waals surface area contributed by atoms with E-state index in [4.69, 9.17) is 16.3 Å². The number of hydrogen-bond acceptors (Lipinski definition) is 4. The number of halogens is 2. The predicted molar refractivity (Wildman–Crippen MR) is 79.4 cm³/mol. The molecule has 1 aromatic rings. The SMILES string of the molecule is CNCCCNS(=O)(=O)c1cc(Cl)c(OC)cc1Br. The predicted octanol–water partition coefficient (Wildman–Crippen LogP) is 2.00. The minimum atomic E-state index is -3.58. The highest BCUT2D eigenvalue weighted by Crippen LogP contribution is 2.33. The summed E-state index contributed by atoms with van der Waals surface area (Å²) in [6, 6.07) is 2.90. The molecule has 0 bridgehead atoms. The van der Waals surface area contributed by atoms with Crippen LogP contribution < -0.4 is 14.8 Å². The van der Waals surface area contributed by atoms with Gasteiger partial charge >= 0.3 is 0 Å². The van der Waals surface area contributed by atoms with Gasteiger partial charge in [-0.1, -0.05) is 11.6 Å². The third kappa shape index (κ3) is 4.61. The third-order valence-corrected chi connectivity index (χ3v) is 5.11. The average Bonchev–Trinajstić information content (AvgIpc) is 2.36. The molecule has 0 aliphatic heterocycles. The first kappa shape index (κ1) is 16.7. The van der Waals surface area contributed by atoms with Crippen molar-refractivity contribution in [1.29, 1.82) is 0 Å². The van der Waals surface area contributed by atoms with E-state index in [-0.39, 0.29) is 9.92 Å². The summed E-state index contributed by atoms with van der Waals surface area (Å²) in [6.45, 7) is 1.10. The Morgan fingerprint density at radius 3 is 2.63 bits per heavy atom. The van der Waals surface area contributed by atoms with Crippen molar-refractivity contribution >= 4 is 37.6 Å². The molecular formula is C11H16BrClN2O3S. The van der Waals surface area contributed by atoms with Gasteiger partial charge in [-0.15, -0.1) is 0 Å². The van der Waals surface area contributed by atoms with Gasteiger partial charge in [-0.05, 0) is 48.1 Å². The van der Waals surface area contributed by atoms with Gasteiger partial charge in [0, 0.05) is 11.0 Å². The van der Waals surface area contributed by atoms with Crippen LogP contribution >= 0.6 is 27.5 Å². The van der Waals surface area contributed by atoms with Crippen molar-refractivity contribution in [3.63, 3.8) is 0 Å². The first-order valence-corrected chi connectivity index (χ1v) is 8.25. The van der Waals surface area contributed by atoms with E-state index in [9.17, 15) is 8.42 Å². The molecule has 0 amide bonds. The number of ether oxygens (including phenoxy) is 1. The second-order valence-electron chi connectivity index (χ2n) is 3.77. The number of benzene rings is 1. The van der Waals surface area contributed by atoms with Gasteiger partial charge in [-0.25, -0.2) is 13.1 Å². The second-order valence-corrected chi connectivity index (χ2v) is 6.77.